The molecule has 0 amide bonds. The Morgan fingerprint density at radius 3 is 2.15 bits per heavy atom. The van der Waals surface area contributed by atoms with E-state index in [-0.39, 0.29) is 0 Å². The van der Waals surface area contributed by atoms with E-state index in [1.54, 1.807) is 0 Å². The number of benzene rings is 1. The Labute approximate surface area is 87.1 Å². The molecule has 0 atom stereocenters. The molecule has 1 radical (unpaired) electrons. The van der Waals surface area contributed by atoms with Crippen molar-refractivity contribution in [2.24, 2.45) is 0 Å². The third-order valence-electron chi connectivity index (χ3n) is 2.11. The molecule has 0 aliphatic heterocycles. The van der Waals surface area contributed by atoms with E-state index in [9.17, 15) is 0 Å². The van der Waals surface area contributed by atoms with Crippen LogP contribution in [0.1, 0.15) is 11.5 Å². The van der Waals surface area contributed by atoms with E-state index >= 15 is 0 Å². The topological polar surface area (TPSA) is 0 Å². The minimum atomic E-state index is 0.433. The first kappa shape index (κ1) is 8.76. The molecule has 0 bridgehead atoms. The Kier molecular flexibility index (Phi) is 2.65. The van der Waals surface area contributed by atoms with Crippen molar-refractivity contribution in [3.63, 3.8) is 0 Å². The molecular formula is C12H10Br. The van der Waals surface area contributed by atoms with Gasteiger partial charge in [-0.05, 0) is 5.56 Å². The summed E-state index contributed by atoms with van der Waals surface area (Å²) in [5.74, 6) is 0.433. The Bertz CT molecular complexity index is 310. The van der Waals surface area contributed by atoms with Gasteiger partial charge in [-0.3, -0.25) is 0 Å². The molecule has 0 spiro atoms. The Balaban J connectivity index is 2.20. The van der Waals surface area contributed by atoms with Crippen LogP contribution in [0, 0.1) is 4.83 Å². The summed E-state index contributed by atoms with van der Waals surface area (Å²) in [6.45, 7) is 0. The van der Waals surface area contributed by atoms with Crippen LogP contribution < -0.4 is 0 Å². The van der Waals surface area contributed by atoms with Gasteiger partial charge >= 0.3 is 0 Å². The van der Waals surface area contributed by atoms with Crippen molar-refractivity contribution < 1.29 is 0 Å². The lowest BCUT2D eigenvalue weighted by atomic mass is 9.95. The predicted molar refractivity (Wildman–Crippen MR) is 59.6 cm³/mol. The first-order valence-electron chi connectivity index (χ1n) is 4.30. The molecule has 0 fully saturated rings. The van der Waals surface area contributed by atoms with Crippen molar-refractivity contribution in [3.8, 4) is 0 Å². The molecule has 0 saturated carbocycles. The number of halogens is 1. The van der Waals surface area contributed by atoms with E-state index in [2.05, 4.69) is 64.5 Å². The molecule has 0 heterocycles. The number of allylic oxidation sites excluding steroid dienone is 4. The smallest absolute Gasteiger partial charge is 0.0755 e. The van der Waals surface area contributed by atoms with E-state index in [1.165, 1.54) is 5.56 Å². The van der Waals surface area contributed by atoms with Gasteiger partial charge in [0.25, 0.3) is 0 Å². The van der Waals surface area contributed by atoms with Crippen molar-refractivity contribution in [3.05, 3.63) is 65.0 Å². The summed E-state index contributed by atoms with van der Waals surface area (Å²) in [5, 5.41) is 0. The molecule has 0 aromatic heterocycles. The average molecular weight is 234 g/mol. The maximum Gasteiger partial charge on any atom is 0.0840 e. The van der Waals surface area contributed by atoms with Crippen molar-refractivity contribution in [2.45, 2.75) is 5.92 Å². The van der Waals surface area contributed by atoms with E-state index in [0.29, 0.717) is 5.92 Å². The lowest BCUT2D eigenvalue weighted by Crippen LogP contribution is -1.95. The molecule has 1 aliphatic carbocycles. The van der Waals surface area contributed by atoms with Gasteiger partial charge in [-0.15, -0.1) is 0 Å². The Morgan fingerprint density at radius 1 is 0.923 bits per heavy atom. The maximum absolute atomic E-state index is 3.43. The molecule has 0 nitrogen and oxygen atoms in total. The molecule has 1 heteroatoms. The second-order valence-corrected chi connectivity index (χ2v) is 3.96. The summed E-state index contributed by atoms with van der Waals surface area (Å²) in [4.78, 5) is 1.14. The van der Waals surface area contributed by atoms with Crippen molar-refractivity contribution >= 4 is 15.9 Å². The number of hydrogen-bond acceptors (Lipinski definition) is 0. The first-order chi connectivity index (χ1) is 6.36. The minimum absolute atomic E-state index is 0.433. The molecule has 65 valence electrons. The van der Waals surface area contributed by atoms with Crippen LogP contribution in [0.15, 0.2) is 54.6 Å². The lowest BCUT2D eigenvalue weighted by Gasteiger charge is -2.12. The standard InChI is InChI=1S/C12H10Br/c13-12-8-6-11(7-9-12)10-4-2-1-3-5-10/h1-9,11H. The molecule has 0 N–H and O–H groups in total. The fourth-order valence-corrected chi connectivity index (χ4v) is 1.71. The zero-order valence-electron chi connectivity index (χ0n) is 7.15. The second kappa shape index (κ2) is 3.93. The van der Waals surface area contributed by atoms with Gasteiger partial charge in [-0.1, -0.05) is 70.6 Å². The first-order valence-corrected chi connectivity index (χ1v) is 5.09. The third kappa shape index (κ3) is 2.10. The van der Waals surface area contributed by atoms with Gasteiger partial charge in [0, 0.05) is 5.92 Å². The highest BCUT2D eigenvalue weighted by molar-refractivity contribution is 9.11. The maximum atomic E-state index is 3.43. The molecule has 0 saturated heterocycles. The van der Waals surface area contributed by atoms with E-state index in [1.807, 2.05) is 6.07 Å². The zero-order valence-corrected chi connectivity index (χ0v) is 8.74. The number of hydrogen-bond donors (Lipinski definition) is 0. The van der Waals surface area contributed by atoms with E-state index < -0.39 is 0 Å². The summed E-state index contributed by atoms with van der Waals surface area (Å²) < 4.78 is 0. The van der Waals surface area contributed by atoms with Crippen LogP contribution in [-0.2, 0) is 0 Å². The number of rotatable bonds is 1. The fourth-order valence-electron chi connectivity index (χ4n) is 1.41. The van der Waals surface area contributed by atoms with Gasteiger partial charge < -0.3 is 0 Å². The molecule has 13 heavy (non-hydrogen) atoms. The van der Waals surface area contributed by atoms with Gasteiger partial charge in [-0.25, -0.2) is 0 Å². The summed E-state index contributed by atoms with van der Waals surface area (Å²) in [6, 6.07) is 10.5. The summed E-state index contributed by atoms with van der Waals surface area (Å²) in [5.41, 5.74) is 1.34. The second-order valence-electron chi connectivity index (χ2n) is 3.04. The van der Waals surface area contributed by atoms with Gasteiger partial charge in [-0.2, -0.15) is 0 Å². The van der Waals surface area contributed by atoms with Gasteiger partial charge in [0.2, 0.25) is 0 Å². The zero-order chi connectivity index (χ0) is 9.10. The molecule has 2 rings (SSSR count). The van der Waals surface area contributed by atoms with Gasteiger partial charge in [0.15, 0.2) is 0 Å². The lowest BCUT2D eigenvalue weighted by molar-refractivity contribution is 1.06. The fraction of sp³-hybridized carbons (Fsp3) is 0.0833. The van der Waals surface area contributed by atoms with Crippen LogP contribution in [0.25, 0.3) is 0 Å². The van der Waals surface area contributed by atoms with Gasteiger partial charge in [0.05, 0.1) is 4.83 Å². The van der Waals surface area contributed by atoms with E-state index in [0.717, 1.165) is 4.83 Å². The normalized spacial score (nSPS) is 17.9. The minimum Gasteiger partial charge on any atom is -0.0755 e. The van der Waals surface area contributed by atoms with Crippen LogP contribution >= 0.6 is 15.9 Å². The molecule has 1 aliphatic rings. The Hall–Kier alpha value is -0.820. The molecular weight excluding hydrogens is 224 g/mol. The Morgan fingerprint density at radius 2 is 1.54 bits per heavy atom. The molecule has 1 aromatic rings. The van der Waals surface area contributed by atoms with Crippen LogP contribution in [0.3, 0.4) is 0 Å². The molecule has 0 unspecified atom stereocenters. The highest BCUT2D eigenvalue weighted by Gasteiger charge is 2.08. The largest absolute Gasteiger partial charge is 0.0840 e. The van der Waals surface area contributed by atoms with Gasteiger partial charge in [0.1, 0.15) is 0 Å². The molecule has 1 aromatic carbocycles. The highest BCUT2D eigenvalue weighted by Crippen LogP contribution is 2.27. The summed E-state index contributed by atoms with van der Waals surface area (Å²) in [6.07, 6.45) is 8.58. The SMILES string of the molecule is Br[C]1C=CC(c2ccccc2)C=C1. The summed E-state index contributed by atoms with van der Waals surface area (Å²) >= 11 is 3.43. The highest BCUT2D eigenvalue weighted by atomic mass is 79.9. The van der Waals surface area contributed by atoms with Crippen LogP contribution in [0.5, 0.6) is 0 Å². The monoisotopic (exact) mass is 233 g/mol. The van der Waals surface area contributed by atoms with Crippen LogP contribution in [0.4, 0.5) is 0 Å². The third-order valence-corrected chi connectivity index (χ3v) is 2.64. The van der Waals surface area contributed by atoms with Crippen molar-refractivity contribution in [1.29, 1.82) is 0 Å². The average Bonchev–Trinajstić information content (AvgIpc) is 2.20. The van der Waals surface area contributed by atoms with Crippen LogP contribution in [-0.4, -0.2) is 0 Å². The predicted octanol–water partition coefficient (Wildman–Crippen LogP) is 3.82. The quantitative estimate of drug-likeness (QED) is 0.692. The van der Waals surface area contributed by atoms with E-state index in [4.69, 9.17) is 0 Å². The van der Waals surface area contributed by atoms with Crippen molar-refractivity contribution in [1.82, 2.24) is 0 Å². The summed E-state index contributed by atoms with van der Waals surface area (Å²) in [7, 11) is 0. The van der Waals surface area contributed by atoms with Crippen molar-refractivity contribution in [2.75, 3.05) is 0 Å². The van der Waals surface area contributed by atoms with Crippen LogP contribution in [0.2, 0.25) is 0 Å².